The van der Waals surface area contributed by atoms with E-state index in [1.807, 2.05) is 26.8 Å². The maximum absolute atomic E-state index is 11.9. The van der Waals surface area contributed by atoms with Gasteiger partial charge in [-0.1, -0.05) is 37.9 Å². The molecule has 1 amide bonds. The summed E-state index contributed by atoms with van der Waals surface area (Å²) in [4.78, 5) is 11.9. The summed E-state index contributed by atoms with van der Waals surface area (Å²) in [6, 6.07) is 4.91. The first-order chi connectivity index (χ1) is 7.95. The minimum atomic E-state index is -0.488. The zero-order chi connectivity index (χ0) is 13.0. The van der Waals surface area contributed by atoms with Crippen molar-refractivity contribution in [1.82, 2.24) is 0 Å². The molecule has 1 aromatic carbocycles. The second kappa shape index (κ2) is 6.03. The van der Waals surface area contributed by atoms with E-state index >= 15 is 0 Å². The topological polar surface area (TPSA) is 55.1 Å². The van der Waals surface area contributed by atoms with Crippen LogP contribution in [0.1, 0.15) is 25.8 Å². The molecule has 0 saturated carbocycles. The van der Waals surface area contributed by atoms with Gasteiger partial charge in [0, 0.05) is 10.7 Å². The van der Waals surface area contributed by atoms with Gasteiger partial charge in [0.2, 0.25) is 5.91 Å². The van der Waals surface area contributed by atoms with E-state index in [1.165, 1.54) is 0 Å². The summed E-state index contributed by atoms with van der Waals surface area (Å²) in [5, 5.41) is 3.42. The monoisotopic (exact) mass is 254 g/mol. The molecule has 0 fully saturated rings. The van der Waals surface area contributed by atoms with Gasteiger partial charge >= 0.3 is 0 Å². The number of nitrogens with two attached hydrogens (primary N) is 1. The second-order valence-corrected chi connectivity index (χ2v) is 4.80. The van der Waals surface area contributed by atoms with Crippen LogP contribution in [0, 0.1) is 12.8 Å². The van der Waals surface area contributed by atoms with Crippen LogP contribution in [0.15, 0.2) is 18.2 Å². The number of rotatable bonds is 4. The lowest BCUT2D eigenvalue weighted by Crippen LogP contribution is -2.40. The van der Waals surface area contributed by atoms with Gasteiger partial charge in [-0.15, -0.1) is 0 Å². The van der Waals surface area contributed by atoms with Crippen LogP contribution in [0.4, 0.5) is 5.69 Å². The van der Waals surface area contributed by atoms with E-state index in [4.69, 9.17) is 17.3 Å². The van der Waals surface area contributed by atoms with Gasteiger partial charge in [0.05, 0.1) is 6.04 Å². The molecule has 0 heterocycles. The minimum Gasteiger partial charge on any atom is -0.324 e. The SMILES string of the molecule is CC[C@H](C)[C@H](N)C(=O)Nc1cc(Cl)ccc1C. The molecular formula is C13H19ClN2O. The maximum Gasteiger partial charge on any atom is 0.241 e. The molecule has 0 radical (unpaired) electrons. The summed E-state index contributed by atoms with van der Waals surface area (Å²) in [7, 11) is 0. The average molecular weight is 255 g/mol. The van der Waals surface area contributed by atoms with Gasteiger partial charge < -0.3 is 11.1 Å². The predicted octanol–water partition coefficient (Wildman–Crippen LogP) is 2.96. The number of carbonyl (C=O) groups is 1. The number of hydrogen-bond acceptors (Lipinski definition) is 2. The molecule has 0 spiro atoms. The number of anilines is 1. The van der Waals surface area contributed by atoms with Gasteiger partial charge in [-0.3, -0.25) is 4.79 Å². The Morgan fingerprint density at radius 2 is 2.18 bits per heavy atom. The van der Waals surface area contributed by atoms with Crippen LogP contribution >= 0.6 is 11.6 Å². The summed E-state index contributed by atoms with van der Waals surface area (Å²) in [6.07, 6.45) is 0.878. The smallest absolute Gasteiger partial charge is 0.241 e. The minimum absolute atomic E-state index is 0.162. The van der Waals surface area contributed by atoms with Crippen LogP contribution in [0.2, 0.25) is 5.02 Å². The number of carbonyl (C=O) groups excluding carboxylic acids is 1. The molecular weight excluding hydrogens is 236 g/mol. The summed E-state index contributed by atoms with van der Waals surface area (Å²) < 4.78 is 0. The summed E-state index contributed by atoms with van der Waals surface area (Å²) in [5.41, 5.74) is 7.56. The van der Waals surface area contributed by atoms with Gasteiger partial charge in [-0.2, -0.15) is 0 Å². The van der Waals surface area contributed by atoms with E-state index < -0.39 is 6.04 Å². The molecule has 1 rings (SSSR count). The molecule has 1 aromatic rings. The molecule has 17 heavy (non-hydrogen) atoms. The first-order valence-corrected chi connectivity index (χ1v) is 6.16. The fourth-order valence-electron chi connectivity index (χ4n) is 1.46. The van der Waals surface area contributed by atoms with E-state index in [0.29, 0.717) is 5.02 Å². The Labute approximate surface area is 107 Å². The van der Waals surface area contributed by atoms with Crippen molar-refractivity contribution in [1.29, 1.82) is 0 Å². The number of amides is 1. The van der Waals surface area contributed by atoms with Crippen LogP contribution < -0.4 is 11.1 Å². The highest BCUT2D eigenvalue weighted by molar-refractivity contribution is 6.31. The predicted molar refractivity (Wildman–Crippen MR) is 72.2 cm³/mol. The lowest BCUT2D eigenvalue weighted by Gasteiger charge is -2.18. The Hall–Kier alpha value is -1.06. The molecule has 0 unspecified atom stereocenters. The van der Waals surface area contributed by atoms with Crippen LogP contribution in [0.3, 0.4) is 0 Å². The highest BCUT2D eigenvalue weighted by atomic mass is 35.5. The molecule has 0 aliphatic rings. The third-order valence-corrected chi connectivity index (χ3v) is 3.25. The molecule has 2 atom stereocenters. The molecule has 4 heteroatoms. The summed E-state index contributed by atoms with van der Waals surface area (Å²) in [6.45, 7) is 5.90. The largest absolute Gasteiger partial charge is 0.324 e. The number of nitrogens with one attached hydrogen (secondary N) is 1. The first-order valence-electron chi connectivity index (χ1n) is 5.78. The molecule has 0 aromatic heterocycles. The highest BCUT2D eigenvalue weighted by Crippen LogP contribution is 2.20. The van der Waals surface area contributed by atoms with Crippen molar-refractivity contribution < 1.29 is 4.79 Å². The third kappa shape index (κ3) is 3.72. The Kier molecular flexibility index (Phi) is 4.97. The van der Waals surface area contributed by atoms with Crippen molar-refractivity contribution in [3.63, 3.8) is 0 Å². The average Bonchev–Trinajstić information content (AvgIpc) is 2.31. The fraction of sp³-hybridized carbons (Fsp3) is 0.462. The number of halogens is 1. The van der Waals surface area contributed by atoms with Gasteiger partial charge in [0.1, 0.15) is 0 Å². The normalized spacial score (nSPS) is 14.2. The Balaban J connectivity index is 2.77. The molecule has 0 aliphatic heterocycles. The first kappa shape index (κ1) is 14.0. The molecule has 0 aliphatic carbocycles. The number of aryl methyl sites for hydroxylation is 1. The van der Waals surface area contributed by atoms with Gasteiger partial charge in [-0.05, 0) is 30.5 Å². The standard InChI is InChI=1S/C13H19ClN2O/c1-4-8(2)12(15)13(17)16-11-7-10(14)6-5-9(11)3/h5-8,12H,4,15H2,1-3H3,(H,16,17)/t8-,12-/m0/s1. The Morgan fingerprint density at radius 3 is 2.76 bits per heavy atom. The van der Waals surface area contributed by atoms with Gasteiger partial charge in [-0.25, -0.2) is 0 Å². The van der Waals surface area contributed by atoms with E-state index in [9.17, 15) is 4.79 Å². The quantitative estimate of drug-likeness (QED) is 0.868. The van der Waals surface area contributed by atoms with Gasteiger partial charge in [0.15, 0.2) is 0 Å². The Morgan fingerprint density at radius 1 is 1.53 bits per heavy atom. The lowest BCUT2D eigenvalue weighted by atomic mass is 9.99. The summed E-state index contributed by atoms with van der Waals surface area (Å²) >= 11 is 5.89. The fourth-order valence-corrected chi connectivity index (χ4v) is 1.63. The number of benzene rings is 1. The zero-order valence-electron chi connectivity index (χ0n) is 10.5. The van der Waals surface area contributed by atoms with Crippen molar-refractivity contribution in [2.45, 2.75) is 33.2 Å². The Bertz CT molecular complexity index is 406. The van der Waals surface area contributed by atoms with Crippen LogP contribution in [0.5, 0.6) is 0 Å². The van der Waals surface area contributed by atoms with E-state index in [-0.39, 0.29) is 11.8 Å². The molecule has 0 saturated heterocycles. The van der Waals surface area contributed by atoms with E-state index in [0.717, 1.165) is 17.7 Å². The second-order valence-electron chi connectivity index (χ2n) is 4.36. The lowest BCUT2D eigenvalue weighted by molar-refractivity contribution is -0.118. The van der Waals surface area contributed by atoms with Crippen molar-refractivity contribution in [3.8, 4) is 0 Å². The van der Waals surface area contributed by atoms with Crippen LogP contribution in [0.25, 0.3) is 0 Å². The van der Waals surface area contributed by atoms with Gasteiger partial charge in [0.25, 0.3) is 0 Å². The third-order valence-electron chi connectivity index (χ3n) is 3.02. The van der Waals surface area contributed by atoms with E-state index in [2.05, 4.69) is 5.32 Å². The van der Waals surface area contributed by atoms with Crippen LogP contribution in [-0.4, -0.2) is 11.9 Å². The maximum atomic E-state index is 11.9. The molecule has 3 N–H and O–H groups in total. The zero-order valence-corrected chi connectivity index (χ0v) is 11.2. The molecule has 94 valence electrons. The van der Waals surface area contributed by atoms with Crippen molar-refractivity contribution >= 4 is 23.2 Å². The van der Waals surface area contributed by atoms with E-state index in [1.54, 1.807) is 12.1 Å². The summed E-state index contributed by atoms with van der Waals surface area (Å²) in [5.74, 6) is -0.000734. The highest BCUT2D eigenvalue weighted by Gasteiger charge is 2.19. The molecule has 3 nitrogen and oxygen atoms in total. The van der Waals surface area contributed by atoms with Crippen molar-refractivity contribution in [2.75, 3.05) is 5.32 Å². The molecule has 0 bridgehead atoms. The van der Waals surface area contributed by atoms with Crippen LogP contribution in [-0.2, 0) is 4.79 Å². The van der Waals surface area contributed by atoms with Crippen molar-refractivity contribution in [3.05, 3.63) is 28.8 Å². The van der Waals surface area contributed by atoms with Crippen molar-refractivity contribution in [2.24, 2.45) is 11.7 Å². The number of hydrogen-bond donors (Lipinski definition) is 2.